The molecule has 1 aliphatic rings. The zero-order valence-corrected chi connectivity index (χ0v) is 24.6. The second kappa shape index (κ2) is 12.8. The summed E-state index contributed by atoms with van der Waals surface area (Å²) in [4.78, 5) is 12.3. The van der Waals surface area contributed by atoms with Crippen LogP contribution in [-0.4, -0.2) is 67.5 Å². The molecule has 216 valence electrons. The number of sulfonamides is 1. The number of hydrogen-bond donors (Lipinski definition) is 1. The standard InChI is InChI=1S/C31H37N5O4S/c1-4-5-22-40-26-14-16-27(17-15-26)41(37,38)36-20-18-35(19-21-36)23(2)30-33-29-9-7-6-8-28(29)31(34-30)32-24-10-12-25(39-3)13-11-24/h6-17,23H,4-5,18-22H2,1-3H3,(H,32,33,34)/t23-/m1/s1. The van der Waals surface area contributed by atoms with Crippen LogP contribution in [-0.2, 0) is 10.0 Å². The molecule has 0 saturated carbocycles. The summed E-state index contributed by atoms with van der Waals surface area (Å²) in [5, 5.41) is 4.37. The lowest BCUT2D eigenvalue weighted by atomic mass is 10.2. The molecule has 0 bridgehead atoms. The Balaban J connectivity index is 1.28. The van der Waals surface area contributed by atoms with Crippen molar-refractivity contribution in [2.24, 2.45) is 0 Å². The van der Waals surface area contributed by atoms with Crippen molar-refractivity contribution < 1.29 is 17.9 Å². The van der Waals surface area contributed by atoms with Gasteiger partial charge in [0, 0.05) is 37.3 Å². The van der Waals surface area contributed by atoms with Gasteiger partial charge in [-0.1, -0.05) is 25.5 Å². The van der Waals surface area contributed by atoms with Gasteiger partial charge in [0.2, 0.25) is 10.0 Å². The number of nitrogens with zero attached hydrogens (tertiary/aromatic N) is 4. The lowest BCUT2D eigenvalue weighted by Crippen LogP contribution is -2.49. The molecule has 1 aromatic heterocycles. The van der Waals surface area contributed by atoms with E-state index in [0.29, 0.717) is 44.4 Å². The van der Waals surface area contributed by atoms with Crippen LogP contribution in [0.4, 0.5) is 11.5 Å². The fourth-order valence-corrected chi connectivity index (χ4v) is 6.30. The molecule has 1 saturated heterocycles. The molecule has 9 nitrogen and oxygen atoms in total. The van der Waals surface area contributed by atoms with Gasteiger partial charge in [-0.3, -0.25) is 4.90 Å². The Labute approximate surface area is 242 Å². The molecule has 0 spiro atoms. The van der Waals surface area contributed by atoms with Crippen LogP contribution in [0, 0.1) is 0 Å². The number of ether oxygens (including phenoxy) is 2. The molecule has 1 atom stereocenters. The van der Waals surface area contributed by atoms with Crippen LogP contribution in [0.25, 0.3) is 10.9 Å². The Morgan fingerprint density at radius 2 is 1.59 bits per heavy atom. The SMILES string of the molecule is CCCCOc1ccc(S(=O)(=O)N2CCN([C@H](C)c3nc(Nc4ccc(OC)cc4)c4ccccc4n3)CC2)cc1. The first kappa shape index (κ1) is 28.8. The number of unbranched alkanes of at least 4 members (excludes halogenated alkanes) is 1. The smallest absolute Gasteiger partial charge is 0.243 e. The highest BCUT2D eigenvalue weighted by atomic mass is 32.2. The van der Waals surface area contributed by atoms with Crippen LogP contribution in [0.2, 0.25) is 0 Å². The molecule has 3 aromatic carbocycles. The van der Waals surface area contributed by atoms with Crippen LogP contribution >= 0.6 is 0 Å². The zero-order valence-electron chi connectivity index (χ0n) is 23.8. The highest BCUT2D eigenvalue weighted by molar-refractivity contribution is 7.89. The molecule has 0 aliphatic carbocycles. The quantitative estimate of drug-likeness (QED) is 0.230. The number of aromatic nitrogens is 2. The molecule has 5 rings (SSSR count). The van der Waals surface area contributed by atoms with Crippen LogP contribution in [0.5, 0.6) is 11.5 Å². The molecule has 41 heavy (non-hydrogen) atoms. The normalized spacial score (nSPS) is 15.5. The maximum atomic E-state index is 13.3. The number of hydrogen-bond acceptors (Lipinski definition) is 8. The number of rotatable bonds is 11. The molecule has 0 amide bonds. The van der Waals surface area contributed by atoms with E-state index in [0.717, 1.165) is 41.0 Å². The lowest BCUT2D eigenvalue weighted by molar-refractivity contribution is 0.141. The topological polar surface area (TPSA) is 96.9 Å². The Morgan fingerprint density at radius 1 is 0.902 bits per heavy atom. The minimum Gasteiger partial charge on any atom is -0.497 e. The summed E-state index contributed by atoms with van der Waals surface area (Å²) in [6.45, 7) is 6.75. The van der Waals surface area contributed by atoms with Crippen LogP contribution < -0.4 is 14.8 Å². The van der Waals surface area contributed by atoms with Crippen molar-refractivity contribution in [3.63, 3.8) is 0 Å². The predicted octanol–water partition coefficient (Wildman–Crippen LogP) is 5.63. The third-order valence-corrected chi connectivity index (χ3v) is 9.31. The van der Waals surface area contributed by atoms with Crippen molar-refractivity contribution >= 4 is 32.4 Å². The highest BCUT2D eigenvalue weighted by Gasteiger charge is 2.31. The van der Waals surface area contributed by atoms with Crippen molar-refractivity contribution in [1.29, 1.82) is 0 Å². The fourth-order valence-electron chi connectivity index (χ4n) is 4.87. The summed E-state index contributed by atoms with van der Waals surface area (Å²) in [7, 11) is -1.95. The van der Waals surface area contributed by atoms with Crippen LogP contribution in [0.15, 0.2) is 77.7 Å². The third kappa shape index (κ3) is 6.61. The minimum atomic E-state index is -3.59. The Kier molecular flexibility index (Phi) is 9.02. The maximum Gasteiger partial charge on any atom is 0.243 e. The van der Waals surface area contributed by atoms with Gasteiger partial charge in [0.05, 0.1) is 30.2 Å². The number of benzene rings is 3. The Bertz CT molecular complexity index is 1550. The number of fused-ring (bicyclic) bond motifs is 1. The first-order valence-electron chi connectivity index (χ1n) is 14.0. The predicted molar refractivity (Wildman–Crippen MR) is 161 cm³/mol. The van der Waals surface area contributed by atoms with E-state index in [-0.39, 0.29) is 10.9 Å². The van der Waals surface area contributed by atoms with Crippen molar-refractivity contribution in [3.05, 3.63) is 78.6 Å². The number of nitrogens with one attached hydrogen (secondary N) is 1. The Hall–Kier alpha value is -3.73. The van der Waals surface area contributed by atoms with E-state index >= 15 is 0 Å². The molecule has 2 heterocycles. The van der Waals surface area contributed by atoms with Gasteiger partial charge in [-0.25, -0.2) is 18.4 Å². The van der Waals surface area contributed by atoms with Gasteiger partial charge >= 0.3 is 0 Å². The first-order valence-corrected chi connectivity index (χ1v) is 15.5. The molecule has 0 unspecified atom stereocenters. The largest absolute Gasteiger partial charge is 0.497 e. The first-order chi connectivity index (χ1) is 19.9. The second-order valence-electron chi connectivity index (χ2n) is 10.1. The van der Waals surface area contributed by atoms with Gasteiger partial charge in [0.15, 0.2) is 0 Å². The molecule has 0 radical (unpaired) electrons. The van der Waals surface area contributed by atoms with Crippen LogP contribution in [0.3, 0.4) is 0 Å². The summed E-state index contributed by atoms with van der Waals surface area (Å²) >= 11 is 0. The summed E-state index contributed by atoms with van der Waals surface area (Å²) in [5.74, 6) is 2.89. The molecular weight excluding hydrogens is 538 g/mol. The number of anilines is 2. The monoisotopic (exact) mass is 575 g/mol. The zero-order chi connectivity index (χ0) is 28.8. The van der Waals surface area contributed by atoms with E-state index in [9.17, 15) is 8.42 Å². The fraction of sp³-hybridized carbons (Fsp3) is 0.355. The molecular formula is C31H37N5O4S. The van der Waals surface area contributed by atoms with Crippen molar-refractivity contribution in [2.45, 2.75) is 37.6 Å². The van der Waals surface area contributed by atoms with Crippen LogP contribution in [0.1, 0.15) is 38.6 Å². The molecule has 1 fully saturated rings. The van der Waals surface area contributed by atoms with Gasteiger partial charge < -0.3 is 14.8 Å². The van der Waals surface area contributed by atoms with Crippen molar-refractivity contribution in [2.75, 3.05) is 45.2 Å². The Morgan fingerprint density at radius 3 is 2.27 bits per heavy atom. The van der Waals surface area contributed by atoms with Gasteiger partial charge in [-0.05, 0) is 74.0 Å². The average molecular weight is 576 g/mol. The summed E-state index contributed by atoms with van der Waals surface area (Å²) in [6.07, 6.45) is 2.01. The minimum absolute atomic E-state index is 0.0968. The van der Waals surface area contributed by atoms with E-state index in [1.807, 2.05) is 48.5 Å². The summed E-state index contributed by atoms with van der Waals surface area (Å²) < 4.78 is 39.2. The van der Waals surface area contributed by atoms with Gasteiger partial charge in [-0.15, -0.1) is 0 Å². The van der Waals surface area contributed by atoms with Crippen molar-refractivity contribution in [1.82, 2.24) is 19.2 Å². The van der Waals surface area contributed by atoms with E-state index < -0.39 is 10.0 Å². The van der Waals surface area contributed by atoms with E-state index in [1.54, 1.807) is 35.7 Å². The third-order valence-electron chi connectivity index (χ3n) is 7.40. The van der Waals surface area contributed by atoms with E-state index in [1.165, 1.54) is 0 Å². The number of piperazine rings is 1. The molecule has 10 heteroatoms. The van der Waals surface area contributed by atoms with Crippen molar-refractivity contribution in [3.8, 4) is 11.5 Å². The summed E-state index contributed by atoms with van der Waals surface area (Å²) in [6, 6.07) is 22.3. The lowest BCUT2D eigenvalue weighted by Gasteiger charge is -2.36. The molecule has 4 aromatic rings. The van der Waals surface area contributed by atoms with Gasteiger partial charge in [0.1, 0.15) is 23.1 Å². The number of methoxy groups -OCH3 is 1. The van der Waals surface area contributed by atoms with Gasteiger partial charge in [-0.2, -0.15) is 4.31 Å². The molecule has 1 aliphatic heterocycles. The average Bonchev–Trinajstić information content (AvgIpc) is 3.01. The van der Waals surface area contributed by atoms with E-state index in [4.69, 9.17) is 19.4 Å². The molecule has 1 N–H and O–H groups in total. The summed E-state index contributed by atoms with van der Waals surface area (Å²) in [5.41, 5.74) is 1.75. The highest BCUT2D eigenvalue weighted by Crippen LogP contribution is 2.29. The van der Waals surface area contributed by atoms with E-state index in [2.05, 4.69) is 24.1 Å². The number of para-hydroxylation sites is 1. The maximum absolute atomic E-state index is 13.3. The van der Waals surface area contributed by atoms with Gasteiger partial charge in [0.25, 0.3) is 0 Å². The second-order valence-corrected chi connectivity index (χ2v) is 12.0.